The highest BCUT2D eigenvalue weighted by molar-refractivity contribution is 7.19. The zero-order valence-electron chi connectivity index (χ0n) is 16.2. The van der Waals surface area contributed by atoms with Crippen LogP contribution in [0, 0.1) is 13.8 Å². The van der Waals surface area contributed by atoms with Gasteiger partial charge >= 0.3 is 5.97 Å². The van der Waals surface area contributed by atoms with Gasteiger partial charge in [-0.25, -0.2) is 4.79 Å². The molecule has 0 spiro atoms. The number of para-hydroxylation sites is 1. The third kappa shape index (κ3) is 4.55. The standard InChI is InChI=1S/C21H20N2O4S2/c1-4-27-21(26)15-13(3)17(19(25)22-14-8-6-5-7-9-14)29-20(15)23-18(24)16-12(2)10-11-28-16/h5-11H,4H2,1-3H3,(H,22,25)(H,23,24). The Hall–Kier alpha value is -2.97. The van der Waals surface area contributed by atoms with Crippen LogP contribution in [-0.4, -0.2) is 24.4 Å². The first kappa shape index (κ1) is 20.8. The van der Waals surface area contributed by atoms with Crippen LogP contribution in [0.1, 0.15) is 47.8 Å². The Kier molecular flexibility index (Phi) is 6.46. The molecule has 29 heavy (non-hydrogen) atoms. The number of amides is 2. The molecule has 0 aliphatic heterocycles. The Labute approximate surface area is 176 Å². The van der Waals surface area contributed by atoms with E-state index in [0.29, 0.717) is 26.0 Å². The summed E-state index contributed by atoms with van der Waals surface area (Å²) in [6, 6.07) is 10.9. The maximum absolute atomic E-state index is 12.8. The van der Waals surface area contributed by atoms with E-state index in [-0.39, 0.29) is 24.0 Å². The second-order valence-electron chi connectivity index (χ2n) is 6.19. The van der Waals surface area contributed by atoms with E-state index in [1.165, 1.54) is 11.3 Å². The summed E-state index contributed by atoms with van der Waals surface area (Å²) < 4.78 is 5.14. The second kappa shape index (κ2) is 9.02. The number of anilines is 2. The number of hydrogen-bond acceptors (Lipinski definition) is 6. The Morgan fingerprint density at radius 2 is 1.66 bits per heavy atom. The molecule has 0 radical (unpaired) electrons. The van der Waals surface area contributed by atoms with Gasteiger partial charge in [-0.2, -0.15) is 0 Å². The van der Waals surface area contributed by atoms with Crippen LogP contribution in [0.2, 0.25) is 0 Å². The maximum atomic E-state index is 12.8. The number of nitrogens with one attached hydrogen (secondary N) is 2. The minimum atomic E-state index is -0.571. The number of aryl methyl sites for hydroxylation is 1. The molecule has 0 atom stereocenters. The first-order chi connectivity index (χ1) is 13.9. The number of thiophene rings is 2. The van der Waals surface area contributed by atoms with Crippen LogP contribution in [-0.2, 0) is 4.74 Å². The lowest BCUT2D eigenvalue weighted by Crippen LogP contribution is -2.15. The lowest BCUT2D eigenvalue weighted by Gasteiger charge is -2.07. The summed E-state index contributed by atoms with van der Waals surface area (Å²) >= 11 is 2.38. The second-order valence-corrected chi connectivity index (χ2v) is 8.12. The van der Waals surface area contributed by atoms with Crippen molar-refractivity contribution in [3.05, 3.63) is 68.2 Å². The van der Waals surface area contributed by atoms with Crippen molar-refractivity contribution in [2.45, 2.75) is 20.8 Å². The number of carbonyl (C=O) groups excluding carboxylic acids is 3. The zero-order valence-corrected chi connectivity index (χ0v) is 17.8. The quantitative estimate of drug-likeness (QED) is 0.535. The lowest BCUT2D eigenvalue weighted by atomic mass is 10.1. The topological polar surface area (TPSA) is 84.5 Å². The summed E-state index contributed by atoms with van der Waals surface area (Å²) in [4.78, 5) is 38.9. The highest BCUT2D eigenvalue weighted by Crippen LogP contribution is 2.35. The number of ether oxygens (including phenoxy) is 1. The highest BCUT2D eigenvalue weighted by atomic mass is 32.1. The average Bonchev–Trinajstić information content (AvgIpc) is 3.26. The van der Waals surface area contributed by atoms with Crippen LogP contribution < -0.4 is 10.6 Å². The maximum Gasteiger partial charge on any atom is 0.341 e. The van der Waals surface area contributed by atoms with Crippen LogP contribution in [0.3, 0.4) is 0 Å². The SMILES string of the molecule is CCOC(=O)c1c(NC(=O)c2sccc2C)sc(C(=O)Nc2ccccc2)c1C. The molecule has 2 heterocycles. The zero-order chi connectivity index (χ0) is 21.0. The molecule has 2 aromatic heterocycles. The van der Waals surface area contributed by atoms with Gasteiger partial charge in [-0.05, 0) is 55.5 Å². The van der Waals surface area contributed by atoms with Crippen molar-refractivity contribution in [3.8, 4) is 0 Å². The van der Waals surface area contributed by atoms with Crippen LogP contribution in [0.15, 0.2) is 41.8 Å². The highest BCUT2D eigenvalue weighted by Gasteiger charge is 2.27. The van der Waals surface area contributed by atoms with Gasteiger partial charge in [-0.3, -0.25) is 9.59 Å². The Morgan fingerprint density at radius 3 is 2.28 bits per heavy atom. The molecule has 6 nitrogen and oxygen atoms in total. The summed E-state index contributed by atoms with van der Waals surface area (Å²) in [5.41, 5.74) is 2.17. The lowest BCUT2D eigenvalue weighted by molar-refractivity contribution is 0.0527. The normalized spacial score (nSPS) is 10.4. The first-order valence-electron chi connectivity index (χ1n) is 8.94. The molecule has 0 unspecified atom stereocenters. The molecular weight excluding hydrogens is 408 g/mol. The fourth-order valence-electron chi connectivity index (χ4n) is 2.74. The first-order valence-corrected chi connectivity index (χ1v) is 10.6. The van der Waals surface area contributed by atoms with Crippen molar-refractivity contribution in [1.29, 1.82) is 0 Å². The summed E-state index contributed by atoms with van der Waals surface area (Å²) in [7, 11) is 0. The van der Waals surface area contributed by atoms with E-state index in [4.69, 9.17) is 4.74 Å². The van der Waals surface area contributed by atoms with E-state index in [1.54, 1.807) is 26.0 Å². The predicted octanol–water partition coefficient (Wildman–Crippen LogP) is 5.11. The third-order valence-electron chi connectivity index (χ3n) is 4.16. The van der Waals surface area contributed by atoms with Crippen molar-refractivity contribution in [1.82, 2.24) is 0 Å². The largest absolute Gasteiger partial charge is 0.462 e. The van der Waals surface area contributed by atoms with Crippen molar-refractivity contribution in [2.75, 3.05) is 17.2 Å². The van der Waals surface area contributed by atoms with Crippen molar-refractivity contribution < 1.29 is 19.1 Å². The van der Waals surface area contributed by atoms with Gasteiger partial charge in [0, 0.05) is 5.69 Å². The average molecular weight is 429 g/mol. The molecule has 150 valence electrons. The minimum absolute atomic E-state index is 0.192. The van der Waals surface area contributed by atoms with Gasteiger partial charge < -0.3 is 15.4 Å². The number of carbonyl (C=O) groups is 3. The Balaban J connectivity index is 1.95. The van der Waals surface area contributed by atoms with Gasteiger partial charge in [0.2, 0.25) is 0 Å². The Morgan fingerprint density at radius 1 is 0.966 bits per heavy atom. The van der Waals surface area contributed by atoms with Crippen molar-refractivity contribution in [2.24, 2.45) is 0 Å². The molecule has 0 saturated heterocycles. The van der Waals surface area contributed by atoms with E-state index in [0.717, 1.165) is 16.9 Å². The van der Waals surface area contributed by atoms with E-state index < -0.39 is 5.97 Å². The monoisotopic (exact) mass is 428 g/mol. The molecule has 8 heteroatoms. The van der Waals surface area contributed by atoms with Gasteiger partial charge in [0.15, 0.2) is 0 Å². The smallest absolute Gasteiger partial charge is 0.341 e. The molecule has 0 saturated carbocycles. The summed E-state index contributed by atoms with van der Waals surface area (Å²) in [6.07, 6.45) is 0. The Bertz CT molecular complexity index is 1050. The molecule has 0 aliphatic rings. The molecule has 0 aliphatic carbocycles. The number of benzene rings is 1. The van der Waals surface area contributed by atoms with Gasteiger partial charge in [0.1, 0.15) is 5.00 Å². The number of rotatable bonds is 6. The van der Waals surface area contributed by atoms with Crippen molar-refractivity contribution >= 4 is 51.1 Å². The van der Waals surface area contributed by atoms with E-state index >= 15 is 0 Å². The van der Waals surface area contributed by atoms with E-state index in [1.807, 2.05) is 36.6 Å². The van der Waals surface area contributed by atoms with E-state index in [2.05, 4.69) is 10.6 Å². The molecule has 1 aromatic carbocycles. The summed E-state index contributed by atoms with van der Waals surface area (Å²) in [5, 5.41) is 7.72. The summed E-state index contributed by atoms with van der Waals surface area (Å²) in [5.74, 6) is -1.24. The summed E-state index contributed by atoms with van der Waals surface area (Å²) in [6.45, 7) is 5.41. The van der Waals surface area contributed by atoms with Crippen molar-refractivity contribution in [3.63, 3.8) is 0 Å². The molecule has 3 rings (SSSR count). The van der Waals surface area contributed by atoms with Crippen LogP contribution in [0.4, 0.5) is 10.7 Å². The molecule has 3 aromatic rings. The van der Waals surface area contributed by atoms with Gasteiger partial charge in [-0.15, -0.1) is 22.7 Å². The van der Waals surface area contributed by atoms with Gasteiger partial charge in [-0.1, -0.05) is 18.2 Å². The van der Waals surface area contributed by atoms with Crippen LogP contribution >= 0.6 is 22.7 Å². The number of esters is 1. The predicted molar refractivity (Wildman–Crippen MR) is 116 cm³/mol. The number of hydrogen-bond donors (Lipinski definition) is 2. The van der Waals surface area contributed by atoms with Gasteiger partial charge in [0.05, 0.1) is 21.9 Å². The molecular formula is C21H20N2O4S2. The van der Waals surface area contributed by atoms with Gasteiger partial charge in [0.25, 0.3) is 11.8 Å². The fourth-order valence-corrected chi connectivity index (χ4v) is 4.65. The molecule has 0 bridgehead atoms. The molecule has 2 N–H and O–H groups in total. The third-order valence-corrected chi connectivity index (χ3v) is 6.38. The van der Waals surface area contributed by atoms with E-state index in [9.17, 15) is 14.4 Å². The molecule has 2 amide bonds. The van der Waals surface area contributed by atoms with Crippen LogP contribution in [0.5, 0.6) is 0 Å². The molecule has 0 fully saturated rings. The minimum Gasteiger partial charge on any atom is -0.462 e. The fraction of sp³-hybridized carbons (Fsp3) is 0.190. The van der Waals surface area contributed by atoms with Crippen LogP contribution in [0.25, 0.3) is 0 Å².